The van der Waals surface area contributed by atoms with E-state index in [1.807, 2.05) is 36.4 Å². The molecule has 0 unspecified atom stereocenters. The van der Waals surface area contributed by atoms with Crippen LogP contribution in [0, 0.1) is 0 Å². The monoisotopic (exact) mass is 396 g/mol. The highest BCUT2D eigenvalue weighted by Gasteiger charge is 2.29. The average Bonchev–Trinajstić information content (AvgIpc) is 3.04. The molecule has 3 rings (SSSR count). The van der Waals surface area contributed by atoms with E-state index in [1.54, 1.807) is 6.92 Å². The van der Waals surface area contributed by atoms with Crippen LogP contribution in [0.5, 0.6) is 0 Å². The highest BCUT2D eigenvalue weighted by Crippen LogP contribution is 2.44. The Labute approximate surface area is 169 Å². The molecule has 1 aliphatic rings. The lowest BCUT2D eigenvalue weighted by atomic mass is 9.98. The van der Waals surface area contributed by atoms with E-state index in [0.717, 1.165) is 22.3 Å². The SMILES string of the molecule is CCOC(=O)CNC(=O)[C@H](C)NC(=O)OCC1c2ccccc2-c2ccccc21. The molecule has 0 bridgehead atoms. The summed E-state index contributed by atoms with van der Waals surface area (Å²) in [7, 11) is 0. The van der Waals surface area contributed by atoms with Crippen LogP contribution in [0.4, 0.5) is 4.79 Å². The fourth-order valence-electron chi connectivity index (χ4n) is 3.41. The van der Waals surface area contributed by atoms with Crippen LogP contribution in [0.15, 0.2) is 48.5 Å². The Balaban J connectivity index is 1.54. The second-order valence-electron chi connectivity index (χ2n) is 6.71. The predicted octanol–water partition coefficient (Wildman–Crippen LogP) is 2.59. The Bertz CT molecular complexity index is 866. The molecule has 2 N–H and O–H groups in total. The van der Waals surface area contributed by atoms with E-state index in [0.29, 0.717) is 0 Å². The molecule has 2 aromatic rings. The Morgan fingerprint density at radius 3 is 2.14 bits per heavy atom. The van der Waals surface area contributed by atoms with Crippen LogP contribution in [0.1, 0.15) is 30.9 Å². The zero-order valence-corrected chi connectivity index (χ0v) is 16.4. The molecular formula is C22H24N2O5. The van der Waals surface area contributed by atoms with Gasteiger partial charge in [-0.05, 0) is 36.1 Å². The van der Waals surface area contributed by atoms with Gasteiger partial charge in [-0.1, -0.05) is 48.5 Å². The number of fused-ring (bicyclic) bond motifs is 3. The highest BCUT2D eigenvalue weighted by molar-refractivity contribution is 5.88. The fourth-order valence-corrected chi connectivity index (χ4v) is 3.41. The van der Waals surface area contributed by atoms with E-state index < -0.39 is 24.0 Å². The molecule has 2 aromatic carbocycles. The number of alkyl carbamates (subject to hydrolysis) is 1. The third-order valence-corrected chi connectivity index (χ3v) is 4.78. The van der Waals surface area contributed by atoms with Crippen molar-refractivity contribution >= 4 is 18.0 Å². The van der Waals surface area contributed by atoms with E-state index in [1.165, 1.54) is 6.92 Å². The molecule has 1 aliphatic carbocycles. The van der Waals surface area contributed by atoms with Gasteiger partial charge in [0.05, 0.1) is 6.61 Å². The topological polar surface area (TPSA) is 93.7 Å². The van der Waals surface area contributed by atoms with Gasteiger partial charge < -0.3 is 20.1 Å². The molecule has 0 spiro atoms. The zero-order valence-electron chi connectivity index (χ0n) is 16.4. The van der Waals surface area contributed by atoms with Crippen molar-refractivity contribution in [1.82, 2.24) is 10.6 Å². The van der Waals surface area contributed by atoms with E-state index in [9.17, 15) is 14.4 Å². The van der Waals surface area contributed by atoms with Gasteiger partial charge in [0, 0.05) is 5.92 Å². The average molecular weight is 396 g/mol. The van der Waals surface area contributed by atoms with Gasteiger partial charge >= 0.3 is 12.1 Å². The first-order valence-corrected chi connectivity index (χ1v) is 9.56. The van der Waals surface area contributed by atoms with E-state index in [2.05, 4.69) is 22.8 Å². The van der Waals surface area contributed by atoms with Gasteiger partial charge in [-0.25, -0.2) is 4.79 Å². The molecule has 0 aliphatic heterocycles. The number of ether oxygens (including phenoxy) is 2. The van der Waals surface area contributed by atoms with Crippen LogP contribution in [0.2, 0.25) is 0 Å². The maximum Gasteiger partial charge on any atom is 0.407 e. The molecule has 0 fully saturated rings. The number of benzene rings is 2. The number of hydrogen-bond donors (Lipinski definition) is 2. The van der Waals surface area contributed by atoms with Crippen LogP contribution in [-0.4, -0.2) is 43.8 Å². The number of carbonyl (C=O) groups excluding carboxylic acids is 3. The van der Waals surface area contributed by atoms with Crippen LogP contribution in [0.3, 0.4) is 0 Å². The summed E-state index contributed by atoms with van der Waals surface area (Å²) in [5, 5.41) is 4.89. The van der Waals surface area contributed by atoms with Gasteiger partial charge in [0.1, 0.15) is 19.2 Å². The van der Waals surface area contributed by atoms with Crippen molar-refractivity contribution in [2.45, 2.75) is 25.8 Å². The van der Waals surface area contributed by atoms with Gasteiger partial charge in [-0.15, -0.1) is 0 Å². The van der Waals surface area contributed by atoms with Crippen molar-refractivity contribution in [3.8, 4) is 11.1 Å². The minimum atomic E-state index is -0.847. The molecule has 7 nitrogen and oxygen atoms in total. The summed E-state index contributed by atoms with van der Waals surface area (Å²) in [4.78, 5) is 35.5. The number of carbonyl (C=O) groups is 3. The van der Waals surface area contributed by atoms with Crippen molar-refractivity contribution in [3.63, 3.8) is 0 Å². The van der Waals surface area contributed by atoms with Crippen molar-refractivity contribution in [2.75, 3.05) is 19.8 Å². The molecule has 0 heterocycles. The molecular weight excluding hydrogens is 372 g/mol. The highest BCUT2D eigenvalue weighted by atomic mass is 16.5. The summed E-state index contributed by atoms with van der Waals surface area (Å²) in [6.45, 7) is 3.35. The molecule has 0 saturated carbocycles. The molecule has 0 aromatic heterocycles. The first-order valence-electron chi connectivity index (χ1n) is 9.56. The van der Waals surface area contributed by atoms with Crippen LogP contribution in [0.25, 0.3) is 11.1 Å². The Hall–Kier alpha value is -3.35. The van der Waals surface area contributed by atoms with Crippen molar-refractivity contribution in [1.29, 1.82) is 0 Å². The fraction of sp³-hybridized carbons (Fsp3) is 0.318. The van der Waals surface area contributed by atoms with Crippen molar-refractivity contribution in [3.05, 3.63) is 59.7 Å². The third kappa shape index (κ3) is 4.74. The molecule has 2 amide bonds. The first-order chi connectivity index (χ1) is 14.0. The Kier molecular flexibility index (Phi) is 6.49. The molecule has 29 heavy (non-hydrogen) atoms. The van der Waals surface area contributed by atoms with Crippen molar-refractivity contribution < 1.29 is 23.9 Å². The Morgan fingerprint density at radius 2 is 1.55 bits per heavy atom. The smallest absolute Gasteiger partial charge is 0.407 e. The maximum atomic E-state index is 12.2. The van der Waals surface area contributed by atoms with Gasteiger partial charge in [0.2, 0.25) is 5.91 Å². The van der Waals surface area contributed by atoms with E-state index in [-0.39, 0.29) is 25.7 Å². The van der Waals surface area contributed by atoms with Crippen LogP contribution >= 0.6 is 0 Å². The molecule has 152 valence electrons. The van der Waals surface area contributed by atoms with Gasteiger partial charge in [0.25, 0.3) is 0 Å². The summed E-state index contributed by atoms with van der Waals surface area (Å²) >= 11 is 0. The van der Waals surface area contributed by atoms with Gasteiger partial charge in [0.15, 0.2) is 0 Å². The summed E-state index contributed by atoms with van der Waals surface area (Å²) < 4.78 is 10.1. The zero-order chi connectivity index (χ0) is 20.8. The van der Waals surface area contributed by atoms with E-state index >= 15 is 0 Å². The summed E-state index contributed by atoms with van der Waals surface area (Å²) in [6.07, 6.45) is -0.689. The van der Waals surface area contributed by atoms with Gasteiger partial charge in [-0.2, -0.15) is 0 Å². The lowest BCUT2D eigenvalue weighted by molar-refractivity contribution is -0.143. The summed E-state index contributed by atoms with van der Waals surface area (Å²) in [6, 6.07) is 15.2. The van der Waals surface area contributed by atoms with Crippen LogP contribution < -0.4 is 10.6 Å². The molecule has 0 saturated heterocycles. The maximum absolute atomic E-state index is 12.2. The number of hydrogen-bond acceptors (Lipinski definition) is 5. The molecule has 0 radical (unpaired) electrons. The van der Waals surface area contributed by atoms with E-state index in [4.69, 9.17) is 9.47 Å². The molecule has 1 atom stereocenters. The van der Waals surface area contributed by atoms with Crippen molar-refractivity contribution in [2.24, 2.45) is 0 Å². The predicted molar refractivity (Wildman–Crippen MR) is 107 cm³/mol. The molecule has 7 heteroatoms. The quantitative estimate of drug-likeness (QED) is 0.702. The largest absolute Gasteiger partial charge is 0.465 e. The number of nitrogens with one attached hydrogen (secondary N) is 2. The minimum Gasteiger partial charge on any atom is -0.465 e. The minimum absolute atomic E-state index is 0.0545. The second-order valence-corrected chi connectivity index (χ2v) is 6.71. The summed E-state index contributed by atoms with van der Waals surface area (Å²) in [5.41, 5.74) is 4.51. The van der Waals surface area contributed by atoms with Gasteiger partial charge in [-0.3, -0.25) is 9.59 Å². The lowest BCUT2D eigenvalue weighted by Crippen LogP contribution is -2.46. The Morgan fingerprint density at radius 1 is 0.966 bits per heavy atom. The number of amides is 2. The third-order valence-electron chi connectivity index (χ3n) is 4.78. The number of rotatable bonds is 7. The normalized spacial score (nSPS) is 13.0. The standard InChI is InChI=1S/C22H24N2O5/c1-3-28-20(25)12-23-21(26)14(2)24-22(27)29-13-19-17-10-6-4-8-15(17)16-9-5-7-11-18(16)19/h4-11,14,19H,3,12-13H2,1-2H3,(H,23,26)(H,24,27)/t14-/m0/s1. The first kappa shape index (κ1) is 20.4. The summed E-state index contributed by atoms with van der Waals surface area (Å²) in [5.74, 6) is -1.08. The van der Waals surface area contributed by atoms with Crippen LogP contribution in [-0.2, 0) is 19.1 Å². The second kappa shape index (κ2) is 9.23. The lowest BCUT2D eigenvalue weighted by Gasteiger charge is -2.17. The number of esters is 1.